The number of aliphatic imine (C=N–C) groups is 1. The summed E-state index contributed by atoms with van der Waals surface area (Å²) in [6.07, 6.45) is 2.36. The topological polar surface area (TPSA) is 63.5 Å². The second kappa shape index (κ2) is 10.7. The molecule has 1 fully saturated rings. The SMILES string of the molecule is CN=C(NCc1ccccc1-n1nc(C)cc1C)NCC1CCCOC1c1ccc(C)cc1. The summed E-state index contributed by atoms with van der Waals surface area (Å²) in [5.41, 5.74) is 6.94. The summed E-state index contributed by atoms with van der Waals surface area (Å²) in [7, 11) is 1.82. The molecule has 2 aromatic carbocycles. The third-order valence-corrected chi connectivity index (χ3v) is 6.28. The number of hydrogen-bond acceptors (Lipinski definition) is 3. The van der Waals surface area contributed by atoms with Crippen LogP contribution in [0.2, 0.25) is 0 Å². The number of nitrogens with one attached hydrogen (secondary N) is 2. The van der Waals surface area contributed by atoms with Gasteiger partial charge in [-0.25, -0.2) is 4.68 Å². The number of ether oxygens (including phenoxy) is 1. The molecule has 0 amide bonds. The Morgan fingerprint density at radius 3 is 2.61 bits per heavy atom. The van der Waals surface area contributed by atoms with E-state index in [1.807, 2.05) is 18.7 Å². The summed E-state index contributed by atoms with van der Waals surface area (Å²) in [4.78, 5) is 4.45. The van der Waals surface area contributed by atoms with E-state index >= 15 is 0 Å². The first-order valence-corrected chi connectivity index (χ1v) is 11.8. The molecule has 174 valence electrons. The number of para-hydroxylation sites is 1. The second-order valence-corrected chi connectivity index (χ2v) is 8.88. The summed E-state index contributed by atoms with van der Waals surface area (Å²) in [6, 6.07) is 19.2. The molecule has 33 heavy (non-hydrogen) atoms. The molecule has 3 aromatic rings. The molecule has 2 atom stereocenters. The van der Waals surface area contributed by atoms with E-state index in [1.165, 1.54) is 16.7 Å². The Labute approximate surface area is 197 Å². The fraction of sp³-hybridized carbons (Fsp3) is 0.407. The van der Waals surface area contributed by atoms with Gasteiger partial charge in [-0.3, -0.25) is 4.99 Å². The number of rotatable bonds is 6. The van der Waals surface area contributed by atoms with Crippen LogP contribution in [-0.2, 0) is 11.3 Å². The van der Waals surface area contributed by atoms with Gasteiger partial charge in [0.2, 0.25) is 0 Å². The second-order valence-electron chi connectivity index (χ2n) is 8.88. The monoisotopic (exact) mass is 445 g/mol. The molecule has 0 radical (unpaired) electrons. The van der Waals surface area contributed by atoms with Gasteiger partial charge in [-0.15, -0.1) is 0 Å². The summed E-state index contributed by atoms with van der Waals surface area (Å²) in [6.45, 7) is 8.53. The third-order valence-electron chi connectivity index (χ3n) is 6.28. The molecule has 0 bridgehead atoms. The molecule has 2 N–H and O–H groups in total. The molecule has 1 aliphatic heterocycles. The van der Waals surface area contributed by atoms with E-state index in [1.54, 1.807) is 0 Å². The van der Waals surface area contributed by atoms with Crippen LogP contribution < -0.4 is 10.6 Å². The average molecular weight is 446 g/mol. The van der Waals surface area contributed by atoms with Crippen molar-refractivity contribution >= 4 is 5.96 Å². The smallest absolute Gasteiger partial charge is 0.191 e. The first kappa shape index (κ1) is 23.1. The maximum absolute atomic E-state index is 6.18. The van der Waals surface area contributed by atoms with Crippen LogP contribution in [0.15, 0.2) is 59.6 Å². The van der Waals surface area contributed by atoms with Gasteiger partial charge in [0.1, 0.15) is 0 Å². The van der Waals surface area contributed by atoms with Gasteiger partial charge < -0.3 is 15.4 Å². The van der Waals surface area contributed by atoms with Crippen molar-refractivity contribution in [2.24, 2.45) is 10.9 Å². The molecule has 0 saturated carbocycles. The summed E-state index contributed by atoms with van der Waals surface area (Å²) in [5.74, 6) is 1.20. The van der Waals surface area contributed by atoms with Crippen LogP contribution in [0, 0.1) is 26.7 Å². The van der Waals surface area contributed by atoms with Gasteiger partial charge >= 0.3 is 0 Å². The van der Waals surface area contributed by atoms with Crippen molar-refractivity contribution in [1.29, 1.82) is 0 Å². The first-order valence-electron chi connectivity index (χ1n) is 11.8. The minimum Gasteiger partial charge on any atom is -0.373 e. The highest BCUT2D eigenvalue weighted by Gasteiger charge is 2.27. The molecular weight excluding hydrogens is 410 g/mol. The highest BCUT2D eigenvalue weighted by atomic mass is 16.5. The third kappa shape index (κ3) is 5.63. The molecule has 1 saturated heterocycles. The van der Waals surface area contributed by atoms with Crippen LogP contribution in [0.25, 0.3) is 5.69 Å². The number of nitrogens with zero attached hydrogens (tertiary/aromatic N) is 3. The Kier molecular flexibility index (Phi) is 7.45. The zero-order valence-corrected chi connectivity index (χ0v) is 20.1. The number of benzene rings is 2. The van der Waals surface area contributed by atoms with Crippen molar-refractivity contribution in [3.63, 3.8) is 0 Å². The van der Waals surface area contributed by atoms with E-state index < -0.39 is 0 Å². The van der Waals surface area contributed by atoms with E-state index in [-0.39, 0.29) is 6.10 Å². The highest BCUT2D eigenvalue weighted by molar-refractivity contribution is 5.79. The maximum Gasteiger partial charge on any atom is 0.191 e. The molecule has 1 aromatic heterocycles. The highest BCUT2D eigenvalue weighted by Crippen LogP contribution is 2.33. The van der Waals surface area contributed by atoms with Gasteiger partial charge in [0.25, 0.3) is 0 Å². The van der Waals surface area contributed by atoms with Crippen LogP contribution in [0.3, 0.4) is 0 Å². The average Bonchev–Trinajstić information content (AvgIpc) is 3.18. The van der Waals surface area contributed by atoms with Crippen LogP contribution in [0.1, 0.15) is 47.0 Å². The van der Waals surface area contributed by atoms with Crippen LogP contribution in [0.4, 0.5) is 0 Å². The van der Waals surface area contributed by atoms with Gasteiger partial charge in [0, 0.05) is 38.4 Å². The molecule has 6 nitrogen and oxygen atoms in total. The van der Waals surface area contributed by atoms with Gasteiger partial charge in [0.05, 0.1) is 17.5 Å². The summed E-state index contributed by atoms with van der Waals surface area (Å²) in [5, 5.41) is 11.7. The van der Waals surface area contributed by atoms with Crippen molar-refractivity contribution in [2.75, 3.05) is 20.2 Å². The van der Waals surface area contributed by atoms with Gasteiger partial charge in [0.15, 0.2) is 5.96 Å². The van der Waals surface area contributed by atoms with Crippen LogP contribution in [0.5, 0.6) is 0 Å². The van der Waals surface area contributed by atoms with Crippen molar-refractivity contribution in [3.8, 4) is 5.69 Å². The maximum atomic E-state index is 6.18. The molecule has 1 aliphatic rings. The molecular formula is C27H35N5O. The molecule has 2 heterocycles. The largest absolute Gasteiger partial charge is 0.373 e. The quantitative estimate of drug-likeness (QED) is 0.429. The van der Waals surface area contributed by atoms with Crippen molar-refractivity contribution < 1.29 is 4.74 Å². The van der Waals surface area contributed by atoms with E-state index in [0.29, 0.717) is 12.5 Å². The molecule has 2 unspecified atom stereocenters. The van der Waals surface area contributed by atoms with E-state index in [2.05, 4.69) is 89.2 Å². The Hall–Kier alpha value is -3.12. The lowest BCUT2D eigenvalue weighted by molar-refractivity contribution is -0.0265. The lowest BCUT2D eigenvalue weighted by Gasteiger charge is -2.32. The van der Waals surface area contributed by atoms with Crippen molar-refractivity contribution in [2.45, 2.75) is 46.3 Å². The minimum atomic E-state index is 0.122. The molecule has 6 heteroatoms. The number of aromatic nitrogens is 2. The van der Waals surface area contributed by atoms with E-state index in [4.69, 9.17) is 4.74 Å². The van der Waals surface area contributed by atoms with E-state index in [0.717, 1.165) is 49.0 Å². The molecule has 0 spiro atoms. The number of aryl methyl sites for hydroxylation is 3. The Balaban J connectivity index is 1.39. The van der Waals surface area contributed by atoms with Gasteiger partial charge in [-0.1, -0.05) is 48.0 Å². The van der Waals surface area contributed by atoms with Gasteiger partial charge in [-0.05, 0) is 56.9 Å². The standard InChI is InChI=1S/C27H35N5O/c1-19-11-13-22(14-12-19)26-24(9-7-15-33-26)18-30-27(28-4)29-17-23-8-5-6-10-25(23)32-21(3)16-20(2)31-32/h5-6,8,10-14,16,24,26H,7,9,15,17-18H2,1-4H3,(H2,28,29,30). The van der Waals surface area contributed by atoms with Crippen LogP contribution in [-0.4, -0.2) is 35.9 Å². The number of guanidine groups is 1. The zero-order valence-electron chi connectivity index (χ0n) is 20.1. The lowest BCUT2D eigenvalue weighted by atomic mass is 9.89. The van der Waals surface area contributed by atoms with Gasteiger partial charge in [-0.2, -0.15) is 5.10 Å². The van der Waals surface area contributed by atoms with Crippen molar-refractivity contribution in [3.05, 3.63) is 82.7 Å². The normalized spacial score (nSPS) is 18.8. The Bertz CT molecular complexity index is 1090. The molecule has 0 aliphatic carbocycles. The minimum absolute atomic E-state index is 0.122. The van der Waals surface area contributed by atoms with Crippen molar-refractivity contribution in [1.82, 2.24) is 20.4 Å². The predicted molar refractivity (Wildman–Crippen MR) is 134 cm³/mol. The fourth-order valence-corrected chi connectivity index (χ4v) is 4.54. The van der Waals surface area contributed by atoms with Crippen LogP contribution >= 0.6 is 0 Å². The number of hydrogen-bond donors (Lipinski definition) is 2. The summed E-state index contributed by atoms with van der Waals surface area (Å²) < 4.78 is 8.19. The lowest BCUT2D eigenvalue weighted by Crippen LogP contribution is -2.41. The fourth-order valence-electron chi connectivity index (χ4n) is 4.54. The Morgan fingerprint density at radius 2 is 1.88 bits per heavy atom. The molecule has 4 rings (SSSR count). The Morgan fingerprint density at radius 1 is 1.09 bits per heavy atom. The summed E-state index contributed by atoms with van der Waals surface area (Å²) >= 11 is 0. The zero-order chi connectivity index (χ0) is 23.2. The van der Waals surface area contributed by atoms with E-state index in [9.17, 15) is 0 Å². The first-order chi connectivity index (χ1) is 16.0. The predicted octanol–water partition coefficient (Wildman–Crippen LogP) is 4.63.